The van der Waals surface area contributed by atoms with Crippen LogP contribution in [0.1, 0.15) is 6.92 Å². The monoisotopic (exact) mass is 239 g/mol. The molecule has 0 aliphatic carbocycles. The van der Waals surface area contributed by atoms with E-state index in [0.29, 0.717) is 5.76 Å². The Hall–Kier alpha value is -1.76. The van der Waals surface area contributed by atoms with Gasteiger partial charge in [0, 0.05) is 0 Å². The van der Waals surface area contributed by atoms with Crippen LogP contribution in [0, 0.1) is 0 Å². The van der Waals surface area contributed by atoms with Gasteiger partial charge in [-0.1, -0.05) is 11.8 Å². The minimum Gasteiger partial charge on any atom is -0.459 e. The number of thioether (sulfide) groups is 1. The molecule has 0 saturated carbocycles. The highest BCUT2D eigenvalue weighted by atomic mass is 32.2. The molecule has 1 amide bonds. The Morgan fingerprint density at radius 1 is 1.56 bits per heavy atom. The summed E-state index contributed by atoms with van der Waals surface area (Å²) < 4.78 is 10.4. The quantitative estimate of drug-likeness (QED) is 0.808. The third-order valence-electron chi connectivity index (χ3n) is 1.82. The first-order valence-corrected chi connectivity index (χ1v) is 5.38. The number of hydrogen-bond acceptors (Lipinski definition) is 6. The van der Waals surface area contributed by atoms with Crippen LogP contribution in [0.5, 0.6) is 0 Å². The molecule has 16 heavy (non-hydrogen) atoms. The van der Waals surface area contributed by atoms with Gasteiger partial charge in [0.25, 0.3) is 11.1 Å². The second-order valence-electron chi connectivity index (χ2n) is 3.01. The second kappa shape index (κ2) is 4.40. The van der Waals surface area contributed by atoms with Crippen molar-refractivity contribution in [3.05, 3.63) is 18.4 Å². The van der Waals surface area contributed by atoms with Crippen molar-refractivity contribution in [1.29, 1.82) is 0 Å². The number of hydrogen-bond donors (Lipinski definition) is 1. The van der Waals surface area contributed by atoms with E-state index in [0.717, 1.165) is 11.8 Å². The summed E-state index contributed by atoms with van der Waals surface area (Å²) in [6, 6.07) is 3.43. The number of nitrogens with zero attached hydrogens (tertiary/aromatic N) is 2. The lowest BCUT2D eigenvalue weighted by Crippen LogP contribution is -2.22. The first-order valence-electron chi connectivity index (χ1n) is 4.50. The molecule has 0 radical (unpaired) electrons. The Bertz CT molecular complexity index is 480. The van der Waals surface area contributed by atoms with Crippen LogP contribution in [0.3, 0.4) is 0 Å². The van der Waals surface area contributed by atoms with E-state index in [1.54, 1.807) is 19.1 Å². The summed E-state index contributed by atoms with van der Waals surface area (Å²) in [5.41, 5.74) is 5.12. The van der Waals surface area contributed by atoms with Crippen molar-refractivity contribution in [1.82, 2.24) is 10.2 Å². The number of aromatic nitrogens is 2. The molecule has 6 nitrogen and oxygen atoms in total. The van der Waals surface area contributed by atoms with Gasteiger partial charge in [-0.05, 0) is 19.1 Å². The molecule has 0 unspecified atom stereocenters. The third-order valence-corrected chi connectivity index (χ3v) is 2.77. The van der Waals surface area contributed by atoms with E-state index < -0.39 is 11.2 Å². The van der Waals surface area contributed by atoms with E-state index in [1.807, 2.05) is 0 Å². The highest BCUT2D eigenvalue weighted by molar-refractivity contribution is 8.00. The Kier molecular flexibility index (Phi) is 2.95. The molecule has 0 spiro atoms. The van der Waals surface area contributed by atoms with Gasteiger partial charge in [0.05, 0.1) is 11.5 Å². The summed E-state index contributed by atoms with van der Waals surface area (Å²) >= 11 is 1.11. The van der Waals surface area contributed by atoms with E-state index >= 15 is 0 Å². The van der Waals surface area contributed by atoms with Crippen molar-refractivity contribution in [2.75, 3.05) is 0 Å². The first-order chi connectivity index (χ1) is 7.66. The van der Waals surface area contributed by atoms with Crippen molar-refractivity contribution in [3.8, 4) is 11.7 Å². The summed E-state index contributed by atoms with van der Waals surface area (Å²) in [5, 5.41) is 7.44. The van der Waals surface area contributed by atoms with E-state index in [1.165, 1.54) is 6.26 Å². The predicted molar refractivity (Wildman–Crippen MR) is 56.5 cm³/mol. The molecule has 2 N–H and O–H groups in total. The topological polar surface area (TPSA) is 95.2 Å². The number of nitrogens with two attached hydrogens (primary N) is 1. The van der Waals surface area contributed by atoms with Gasteiger partial charge < -0.3 is 14.6 Å². The van der Waals surface area contributed by atoms with Crippen LogP contribution in [0.15, 0.2) is 32.5 Å². The lowest BCUT2D eigenvalue weighted by Gasteiger charge is -2.00. The fourth-order valence-corrected chi connectivity index (χ4v) is 1.60. The lowest BCUT2D eigenvalue weighted by atomic mass is 10.5. The third kappa shape index (κ3) is 2.25. The van der Waals surface area contributed by atoms with Crippen LogP contribution in [0.4, 0.5) is 0 Å². The van der Waals surface area contributed by atoms with Gasteiger partial charge in [0.15, 0.2) is 5.76 Å². The summed E-state index contributed by atoms with van der Waals surface area (Å²) in [7, 11) is 0. The molecule has 7 heteroatoms. The highest BCUT2D eigenvalue weighted by Gasteiger charge is 2.16. The minimum absolute atomic E-state index is 0.282. The van der Waals surface area contributed by atoms with Crippen LogP contribution in [-0.2, 0) is 4.79 Å². The van der Waals surface area contributed by atoms with E-state index in [-0.39, 0.29) is 11.1 Å². The fourth-order valence-electron chi connectivity index (χ4n) is 0.967. The minimum atomic E-state index is -0.428. The van der Waals surface area contributed by atoms with Crippen molar-refractivity contribution in [2.45, 2.75) is 17.4 Å². The molecule has 0 aliphatic heterocycles. The van der Waals surface area contributed by atoms with Gasteiger partial charge in [-0.15, -0.1) is 10.2 Å². The summed E-state index contributed by atoms with van der Waals surface area (Å²) in [4.78, 5) is 10.8. The number of primary amides is 1. The number of furan rings is 1. The van der Waals surface area contributed by atoms with Gasteiger partial charge in [-0.3, -0.25) is 4.79 Å². The highest BCUT2D eigenvalue weighted by Crippen LogP contribution is 2.25. The Labute approximate surface area is 95.2 Å². The standard InChI is InChI=1S/C9H9N3O3S/c1-5(7(10)13)16-9-12-11-8(15-9)6-3-2-4-14-6/h2-5H,1H3,(H2,10,13)/t5-/m1/s1. The van der Waals surface area contributed by atoms with Crippen LogP contribution in [0.25, 0.3) is 11.7 Å². The molecule has 0 aromatic carbocycles. The van der Waals surface area contributed by atoms with Gasteiger partial charge in [0.1, 0.15) is 0 Å². The molecule has 2 rings (SSSR count). The SMILES string of the molecule is C[C@@H](Sc1nnc(-c2ccco2)o1)C(N)=O. The number of amides is 1. The maximum Gasteiger partial charge on any atom is 0.284 e. The predicted octanol–water partition coefficient (Wildman–Crippen LogP) is 1.30. The molecular formula is C9H9N3O3S. The second-order valence-corrected chi connectivity index (χ2v) is 4.30. The average Bonchev–Trinajstić information content (AvgIpc) is 2.85. The molecule has 0 bridgehead atoms. The van der Waals surface area contributed by atoms with Gasteiger partial charge in [0.2, 0.25) is 5.91 Å². The van der Waals surface area contributed by atoms with Gasteiger partial charge in [-0.2, -0.15) is 0 Å². The Morgan fingerprint density at radius 3 is 3.00 bits per heavy atom. The lowest BCUT2D eigenvalue weighted by molar-refractivity contribution is -0.117. The molecule has 1 atom stereocenters. The van der Waals surface area contributed by atoms with E-state index in [9.17, 15) is 4.79 Å². The summed E-state index contributed by atoms with van der Waals surface area (Å²) in [6.07, 6.45) is 1.51. The van der Waals surface area contributed by atoms with E-state index in [4.69, 9.17) is 14.6 Å². The molecule has 2 aromatic heterocycles. The van der Waals surface area contributed by atoms with Crippen molar-refractivity contribution < 1.29 is 13.6 Å². The van der Waals surface area contributed by atoms with Gasteiger partial charge in [-0.25, -0.2) is 0 Å². The molecule has 2 aromatic rings. The smallest absolute Gasteiger partial charge is 0.284 e. The van der Waals surface area contributed by atoms with Crippen molar-refractivity contribution in [3.63, 3.8) is 0 Å². The van der Waals surface area contributed by atoms with Crippen molar-refractivity contribution >= 4 is 17.7 Å². The van der Waals surface area contributed by atoms with Crippen LogP contribution < -0.4 is 5.73 Å². The largest absolute Gasteiger partial charge is 0.459 e. The molecule has 2 heterocycles. The summed E-state index contributed by atoms with van der Waals surface area (Å²) in [5.74, 6) is 0.345. The maximum absolute atomic E-state index is 10.8. The Balaban J connectivity index is 2.11. The molecule has 84 valence electrons. The first kappa shape index (κ1) is 10.7. The zero-order chi connectivity index (χ0) is 11.5. The zero-order valence-corrected chi connectivity index (χ0v) is 9.23. The molecule has 0 fully saturated rings. The van der Waals surface area contributed by atoms with Crippen LogP contribution in [0.2, 0.25) is 0 Å². The molecular weight excluding hydrogens is 230 g/mol. The van der Waals surface area contributed by atoms with Gasteiger partial charge >= 0.3 is 0 Å². The summed E-state index contributed by atoms with van der Waals surface area (Å²) in [6.45, 7) is 1.67. The molecule has 0 saturated heterocycles. The normalized spacial score (nSPS) is 12.6. The Morgan fingerprint density at radius 2 is 2.38 bits per heavy atom. The van der Waals surface area contributed by atoms with Crippen molar-refractivity contribution in [2.24, 2.45) is 5.73 Å². The fraction of sp³-hybridized carbons (Fsp3) is 0.222. The maximum atomic E-state index is 10.8. The van der Waals surface area contributed by atoms with Crippen LogP contribution in [-0.4, -0.2) is 21.4 Å². The number of carbonyl (C=O) groups is 1. The average molecular weight is 239 g/mol. The zero-order valence-electron chi connectivity index (χ0n) is 8.41. The number of rotatable bonds is 4. The van der Waals surface area contributed by atoms with Crippen LogP contribution >= 0.6 is 11.8 Å². The number of carbonyl (C=O) groups excluding carboxylic acids is 1. The van der Waals surface area contributed by atoms with E-state index in [2.05, 4.69) is 10.2 Å². The molecule has 0 aliphatic rings.